The number of nitrogen functional groups attached to an aromatic ring is 1. The van der Waals surface area contributed by atoms with E-state index < -0.39 is 0 Å². The number of hydrogen-bond donors (Lipinski definition) is 1. The van der Waals surface area contributed by atoms with Crippen molar-refractivity contribution in [2.75, 3.05) is 5.73 Å². The zero-order valence-electron chi connectivity index (χ0n) is 8.96. The van der Waals surface area contributed by atoms with Crippen molar-refractivity contribution in [3.63, 3.8) is 0 Å². The van der Waals surface area contributed by atoms with Gasteiger partial charge < -0.3 is 5.73 Å². The molecule has 0 aliphatic carbocycles. The van der Waals surface area contributed by atoms with E-state index in [1.54, 1.807) is 6.07 Å². The highest BCUT2D eigenvalue weighted by Gasteiger charge is 2.12. The van der Waals surface area contributed by atoms with Gasteiger partial charge in [0, 0.05) is 22.1 Å². The summed E-state index contributed by atoms with van der Waals surface area (Å²) in [5.74, 6) is 0.0844. The quantitative estimate of drug-likeness (QED) is 0.671. The van der Waals surface area contributed by atoms with E-state index in [2.05, 4.69) is 15.9 Å². The van der Waals surface area contributed by atoms with Crippen molar-refractivity contribution in [1.29, 1.82) is 0 Å². The Morgan fingerprint density at radius 2 is 2.00 bits per heavy atom. The second kappa shape index (κ2) is 4.26. The highest BCUT2D eigenvalue weighted by Crippen LogP contribution is 2.28. The zero-order chi connectivity index (χ0) is 11.7. The number of ketones is 1. The van der Waals surface area contributed by atoms with Crippen LogP contribution in [-0.4, -0.2) is 5.78 Å². The Kier molecular flexibility index (Phi) is 2.97. The molecule has 0 fully saturated rings. The Labute approximate surface area is 103 Å². The average Bonchev–Trinajstić information content (AvgIpc) is 2.28. The van der Waals surface area contributed by atoms with Gasteiger partial charge in [0.05, 0.1) is 0 Å². The summed E-state index contributed by atoms with van der Waals surface area (Å²) >= 11 is 3.41. The summed E-state index contributed by atoms with van der Waals surface area (Å²) in [5.41, 5.74) is 7.07. The van der Waals surface area contributed by atoms with Crippen LogP contribution in [0.15, 0.2) is 34.8 Å². The number of benzene rings is 2. The van der Waals surface area contributed by atoms with Crippen LogP contribution in [0, 0.1) is 0 Å². The number of carbonyl (C=O) groups excluding carboxylic acids is 1. The first-order chi connectivity index (χ1) is 7.63. The first-order valence-electron chi connectivity index (χ1n) is 5.14. The Hall–Kier alpha value is -1.35. The minimum absolute atomic E-state index is 0.0844. The molecule has 0 bridgehead atoms. The largest absolute Gasteiger partial charge is 0.398 e. The van der Waals surface area contributed by atoms with E-state index in [0.717, 1.165) is 15.2 Å². The fraction of sp³-hybridized carbons (Fsp3) is 0.154. The molecule has 0 aliphatic rings. The average molecular weight is 278 g/mol. The first-order valence-corrected chi connectivity index (χ1v) is 5.93. The van der Waals surface area contributed by atoms with Crippen LogP contribution in [0.5, 0.6) is 0 Å². The molecule has 3 heteroatoms. The van der Waals surface area contributed by atoms with Gasteiger partial charge in [0.2, 0.25) is 0 Å². The normalized spacial score (nSPS) is 10.6. The number of carbonyl (C=O) groups is 1. The van der Waals surface area contributed by atoms with Crippen LogP contribution in [0.25, 0.3) is 10.8 Å². The molecule has 0 aromatic heterocycles. The van der Waals surface area contributed by atoms with Crippen LogP contribution in [0.2, 0.25) is 0 Å². The molecule has 16 heavy (non-hydrogen) atoms. The molecule has 0 atom stereocenters. The van der Waals surface area contributed by atoms with Gasteiger partial charge in [-0.05, 0) is 29.0 Å². The van der Waals surface area contributed by atoms with Gasteiger partial charge in [0.1, 0.15) is 0 Å². The van der Waals surface area contributed by atoms with Crippen LogP contribution in [0.4, 0.5) is 5.69 Å². The van der Waals surface area contributed by atoms with Gasteiger partial charge >= 0.3 is 0 Å². The molecule has 2 rings (SSSR count). The van der Waals surface area contributed by atoms with Gasteiger partial charge in [-0.25, -0.2) is 0 Å². The smallest absolute Gasteiger partial charge is 0.165 e. The minimum Gasteiger partial charge on any atom is -0.398 e. The Balaban J connectivity index is 2.82. The SMILES string of the molecule is CCC(=O)c1c(N)ccc2ccc(Br)cc12. The van der Waals surface area contributed by atoms with Gasteiger partial charge in [-0.3, -0.25) is 4.79 Å². The van der Waals surface area contributed by atoms with Gasteiger partial charge in [0.15, 0.2) is 5.78 Å². The maximum atomic E-state index is 11.9. The fourth-order valence-electron chi connectivity index (χ4n) is 1.80. The summed E-state index contributed by atoms with van der Waals surface area (Å²) < 4.78 is 0.954. The molecule has 0 radical (unpaired) electrons. The number of fused-ring (bicyclic) bond motifs is 1. The minimum atomic E-state index is 0.0844. The van der Waals surface area contributed by atoms with Crippen LogP contribution < -0.4 is 5.73 Å². The summed E-state index contributed by atoms with van der Waals surface area (Å²) in [5, 5.41) is 1.95. The monoisotopic (exact) mass is 277 g/mol. The number of anilines is 1. The van der Waals surface area contributed by atoms with E-state index in [0.29, 0.717) is 17.7 Å². The van der Waals surface area contributed by atoms with E-state index in [1.165, 1.54) is 0 Å². The standard InChI is InChI=1S/C13H12BrNO/c1-2-12(16)13-10-7-9(14)5-3-8(10)4-6-11(13)15/h3-7H,2,15H2,1H3. The van der Waals surface area contributed by atoms with Crippen LogP contribution in [0.3, 0.4) is 0 Å². The first kappa shape index (κ1) is 11.1. The number of rotatable bonds is 2. The van der Waals surface area contributed by atoms with E-state index >= 15 is 0 Å². The third-order valence-corrected chi connectivity index (χ3v) is 3.11. The van der Waals surface area contributed by atoms with E-state index in [-0.39, 0.29) is 5.78 Å². The van der Waals surface area contributed by atoms with Crippen LogP contribution in [0.1, 0.15) is 23.7 Å². The zero-order valence-corrected chi connectivity index (χ0v) is 10.5. The van der Waals surface area contributed by atoms with Crippen molar-refractivity contribution in [1.82, 2.24) is 0 Å². The molecule has 0 saturated carbocycles. The molecule has 2 N–H and O–H groups in total. The van der Waals surface area contributed by atoms with Crippen LogP contribution >= 0.6 is 15.9 Å². The molecule has 2 aromatic rings. The number of halogens is 1. The van der Waals surface area contributed by atoms with Crippen molar-refractivity contribution in [3.8, 4) is 0 Å². The third kappa shape index (κ3) is 1.83. The molecule has 0 amide bonds. The van der Waals surface area contributed by atoms with Crippen molar-refractivity contribution in [2.45, 2.75) is 13.3 Å². The number of nitrogens with two attached hydrogens (primary N) is 1. The lowest BCUT2D eigenvalue weighted by Crippen LogP contribution is -2.03. The molecule has 82 valence electrons. The van der Waals surface area contributed by atoms with E-state index in [1.807, 2.05) is 31.2 Å². The third-order valence-electron chi connectivity index (χ3n) is 2.62. The maximum absolute atomic E-state index is 11.9. The van der Waals surface area contributed by atoms with Gasteiger partial charge in [0.25, 0.3) is 0 Å². The van der Waals surface area contributed by atoms with Crippen LogP contribution in [-0.2, 0) is 0 Å². The number of Topliss-reactive ketones (excluding diaryl/α,β-unsaturated/α-hetero) is 1. The Morgan fingerprint density at radius 1 is 1.31 bits per heavy atom. The fourth-order valence-corrected chi connectivity index (χ4v) is 2.16. The lowest BCUT2D eigenvalue weighted by molar-refractivity contribution is 0.0990. The maximum Gasteiger partial charge on any atom is 0.165 e. The molecule has 2 aromatic carbocycles. The lowest BCUT2D eigenvalue weighted by Gasteiger charge is -2.08. The summed E-state index contributed by atoms with van der Waals surface area (Å²) in [6, 6.07) is 9.60. The topological polar surface area (TPSA) is 43.1 Å². The second-order valence-electron chi connectivity index (χ2n) is 3.67. The van der Waals surface area contributed by atoms with Gasteiger partial charge in [-0.1, -0.05) is 35.0 Å². The highest BCUT2D eigenvalue weighted by molar-refractivity contribution is 9.10. The predicted molar refractivity (Wildman–Crippen MR) is 70.7 cm³/mol. The van der Waals surface area contributed by atoms with Gasteiger partial charge in [-0.15, -0.1) is 0 Å². The van der Waals surface area contributed by atoms with Gasteiger partial charge in [-0.2, -0.15) is 0 Å². The molecule has 0 spiro atoms. The molecular formula is C13H12BrNO. The van der Waals surface area contributed by atoms with E-state index in [4.69, 9.17) is 5.73 Å². The molecule has 2 nitrogen and oxygen atoms in total. The molecule has 0 aliphatic heterocycles. The lowest BCUT2D eigenvalue weighted by atomic mass is 9.98. The van der Waals surface area contributed by atoms with Crippen molar-refractivity contribution in [2.24, 2.45) is 0 Å². The summed E-state index contributed by atoms with van der Waals surface area (Å²) in [4.78, 5) is 11.9. The molecule has 0 heterocycles. The Bertz CT molecular complexity index is 558. The molecule has 0 saturated heterocycles. The highest BCUT2D eigenvalue weighted by atomic mass is 79.9. The Morgan fingerprint density at radius 3 is 2.69 bits per heavy atom. The summed E-state index contributed by atoms with van der Waals surface area (Å²) in [7, 11) is 0. The molecule has 0 unspecified atom stereocenters. The van der Waals surface area contributed by atoms with Crippen molar-refractivity contribution in [3.05, 3.63) is 40.4 Å². The predicted octanol–water partition coefficient (Wildman–Crippen LogP) is 3.78. The number of hydrogen-bond acceptors (Lipinski definition) is 2. The molecular weight excluding hydrogens is 266 g/mol. The van der Waals surface area contributed by atoms with Crippen molar-refractivity contribution < 1.29 is 4.79 Å². The van der Waals surface area contributed by atoms with E-state index in [9.17, 15) is 4.79 Å². The van der Waals surface area contributed by atoms with Crippen molar-refractivity contribution >= 4 is 38.2 Å². The second-order valence-corrected chi connectivity index (χ2v) is 4.59. The summed E-state index contributed by atoms with van der Waals surface area (Å²) in [6.45, 7) is 1.85. The summed E-state index contributed by atoms with van der Waals surface area (Å²) in [6.07, 6.45) is 0.468.